The molecule has 1 aliphatic rings. The molecule has 2 atom stereocenters. The SMILES string of the molecule is CCSCCC(O)C1CCc2cccnc21. The predicted molar refractivity (Wildman–Crippen MR) is 68.9 cm³/mol. The van der Waals surface area contributed by atoms with Gasteiger partial charge in [-0.25, -0.2) is 0 Å². The van der Waals surface area contributed by atoms with Crippen LogP contribution in [0.25, 0.3) is 0 Å². The maximum absolute atomic E-state index is 10.2. The molecular formula is C13H19NOS. The van der Waals surface area contributed by atoms with Gasteiger partial charge >= 0.3 is 0 Å². The molecule has 2 nitrogen and oxygen atoms in total. The topological polar surface area (TPSA) is 33.1 Å². The molecule has 0 amide bonds. The van der Waals surface area contributed by atoms with Crippen LogP contribution in [0, 0.1) is 0 Å². The van der Waals surface area contributed by atoms with Crippen molar-refractivity contribution in [2.45, 2.75) is 38.2 Å². The lowest BCUT2D eigenvalue weighted by Gasteiger charge is -2.17. The molecule has 2 rings (SSSR count). The third-order valence-electron chi connectivity index (χ3n) is 3.23. The first-order chi connectivity index (χ1) is 7.83. The van der Waals surface area contributed by atoms with Crippen LogP contribution in [0.15, 0.2) is 18.3 Å². The standard InChI is InChI=1S/C13H19NOS/c1-2-16-9-7-12(15)11-6-5-10-4-3-8-14-13(10)11/h3-4,8,11-12,15H,2,5-7,9H2,1H3. The first-order valence-corrected chi connectivity index (χ1v) is 7.18. The summed E-state index contributed by atoms with van der Waals surface area (Å²) in [6, 6.07) is 4.12. The van der Waals surface area contributed by atoms with E-state index in [9.17, 15) is 5.11 Å². The summed E-state index contributed by atoms with van der Waals surface area (Å²) in [5.74, 6) is 2.45. The molecule has 0 saturated heterocycles. The molecule has 0 saturated carbocycles. The first kappa shape index (κ1) is 11.9. The van der Waals surface area contributed by atoms with E-state index in [1.807, 2.05) is 24.0 Å². The van der Waals surface area contributed by atoms with Crippen molar-refractivity contribution in [3.63, 3.8) is 0 Å². The second kappa shape index (κ2) is 5.69. The fraction of sp³-hybridized carbons (Fsp3) is 0.615. The molecule has 0 spiro atoms. The van der Waals surface area contributed by atoms with Gasteiger partial charge in [0.25, 0.3) is 0 Å². The highest BCUT2D eigenvalue weighted by molar-refractivity contribution is 7.99. The van der Waals surface area contributed by atoms with E-state index >= 15 is 0 Å². The second-order valence-corrected chi connectivity index (χ2v) is 5.64. The van der Waals surface area contributed by atoms with Crippen LogP contribution >= 0.6 is 11.8 Å². The van der Waals surface area contributed by atoms with Gasteiger partial charge in [0.05, 0.1) is 6.10 Å². The lowest BCUT2D eigenvalue weighted by Crippen LogP contribution is -2.18. The summed E-state index contributed by atoms with van der Waals surface area (Å²) in [5, 5.41) is 10.2. The molecule has 1 aliphatic carbocycles. The fourth-order valence-corrected chi connectivity index (χ4v) is 3.06. The maximum atomic E-state index is 10.2. The van der Waals surface area contributed by atoms with Gasteiger partial charge in [0.2, 0.25) is 0 Å². The van der Waals surface area contributed by atoms with E-state index in [2.05, 4.69) is 18.0 Å². The molecule has 88 valence electrons. The van der Waals surface area contributed by atoms with Gasteiger partial charge in [0.15, 0.2) is 0 Å². The van der Waals surface area contributed by atoms with Crippen molar-refractivity contribution in [2.24, 2.45) is 0 Å². The van der Waals surface area contributed by atoms with E-state index in [0.717, 1.165) is 36.5 Å². The number of hydrogen-bond acceptors (Lipinski definition) is 3. The predicted octanol–water partition coefficient (Wildman–Crippen LogP) is 2.62. The van der Waals surface area contributed by atoms with Crippen molar-refractivity contribution in [3.8, 4) is 0 Å². The Bertz CT molecular complexity index is 342. The number of aliphatic hydroxyl groups is 1. The van der Waals surface area contributed by atoms with Crippen molar-refractivity contribution < 1.29 is 5.11 Å². The highest BCUT2D eigenvalue weighted by Gasteiger charge is 2.29. The Kier molecular flexibility index (Phi) is 4.24. The molecule has 0 fully saturated rings. The third kappa shape index (κ3) is 2.58. The van der Waals surface area contributed by atoms with Gasteiger partial charge in [0, 0.05) is 17.8 Å². The monoisotopic (exact) mass is 237 g/mol. The van der Waals surface area contributed by atoms with E-state index in [4.69, 9.17) is 0 Å². The summed E-state index contributed by atoms with van der Waals surface area (Å²) < 4.78 is 0. The van der Waals surface area contributed by atoms with Crippen LogP contribution in [-0.2, 0) is 6.42 Å². The normalized spacial score (nSPS) is 20.8. The molecular weight excluding hydrogens is 218 g/mol. The van der Waals surface area contributed by atoms with Crippen molar-refractivity contribution in [3.05, 3.63) is 29.6 Å². The lowest BCUT2D eigenvalue weighted by atomic mass is 9.98. The quantitative estimate of drug-likeness (QED) is 0.799. The third-order valence-corrected chi connectivity index (χ3v) is 4.16. The van der Waals surface area contributed by atoms with Crippen LogP contribution in [-0.4, -0.2) is 27.7 Å². The number of aromatic nitrogens is 1. The van der Waals surface area contributed by atoms with Crippen molar-refractivity contribution in [2.75, 3.05) is 11.5 Å². The van der Waals surface area contributed by atoms with Gasteiger partial charge in [-0.05, 0) is 42.4 Å². The van der Waals surface area contributed by atoms with E-state index in [1.165, 1.54) is 5.56 Å². The summed E-state index contributed by atoms with van der Waals surface area (Å²) in [4.78, 5) is 4.42. The number of aliphatic hydroxyl groups excluding tert-OH is 1. The average molecular weight is 237 g/mol. The number of nitrogens with zero attached hydrogens (tertiary/aromatic N) is 1. The molecule has 0 radical (unpaired) electrons. The molecule has 0 aliphatic heterocycles. The number of pyridine rings is 1. The molecule has 1 heterocycles. The fourth-order valence-electron chi connectivity index (χ4n) is 2.37. The molecule has 1 aromatic heterocycles. The summed E-state index contributed by atoms with van der Waals surface area (Å²) >= 11 is 1.90. The van der Waals surface area contributed by atoms with Crippen LogP contribution in [0.5, 0.6) is 0 Å². The van der Waals surface area contributed by atoms with Crippen molar-refractivity contribution >= 4 is 11.8 Å². The highest BCUT2D eigenvalue weighted by atomic mass is 32.2. The van der Waals surface area contributed by atoms with Gasteiger partial charge in [0.1, 0.15) is 0 Å². The Labute approximate surface area is 101 Å². The van der Waals surface area contributed by atoms with E-state index in [0.29, 0.717) is 0 Å². The Morgan fingerprint density at radius 2 is 2.50 bits per heavy atom. The number of hydrogen-bond donors (Lipinski definition) is 1. The van der Waals surface area contributed by atoms with E-state index in [1.54, 1.807) is 0 Å². The highest BCUT2D eigenvalue weighted by Crippen LogP contribution is 2.34. The van der Waals surface area contributed by atoms with Crippen LogP contribution in [0.2, 0.25) is 0 Å². The minimum atomic E-state index is -0.213. The molecule has 1 N–H and O–H groups in total. The summed E-state index contributed by atoms with van der Waals surface area (Å²) in [6.07, 6.45) is 4.65. The Morgan fingerprint density at radius 1 is 1.62 bits per heavy atom. The van der Waals surface area contributed by atoms with E-state index < -0.39 is 0 Å². The van der Waals surface area contributed by atoms with Gasteiger partial charge in [-0.15, -0.1) is 0 Å². The van der Waals surface area contributed by atoms with Crippen LogP contribution in [0.3, 0.4) is 0 Å². The van der Waals surface area contributed by atoms with Crippen LogP contribution < -0.4 is 0 Å². The molecule has 16 heavy (non-hydrogen) atoms. The largest absolute Gasteiger partial charge is 0.392 e. The lowest BCUT2D eigenvalue weighted by molar-refractivity contribution is 0.138. The first-order valence-electron chi connectivity index (χ1n) is 6.02. The number of rotatable bonds is 5. The van der Waals surface area contributed by atoms with Gasteiger partial charge < -0.3 is 5.11 Å². The van der Waals surface area contributed by atoms with Crippen LogP contribution in [0.4, 0.5) is 0 Å². The summed E-state index contributed by atoms with van der Waals surface area (Å²) in [5.41, 5.74) is 2.46. The molecule has 2 unspecified atom stereocenters. The summed E-state index contributed by atoms with van der Waals surface area (Å²) in [7, 11) is 0. The summed E-state index contributed by atoms with van der Waals surface area (Å²) in [6.45, 7) is 2.16. The zero-order valence-electron chi connectivity index (χ0n) is 9.72. The molecule has 0 aromatic carbocycles. The zero-order valence-corrected chi connectivity index (χ0v) is 10.5. The number of aryl methyl sites for hydroxylation is 1. The Balaban J connectivity index is 1.96. The zero-order chi connectivity index (χ0) is 11.4. The number of thioether (sulfide) groups is 1. The minimum absolute atomic E-state index is 0.213. The van der Waals surface area contributed by atoms with Crippen LogP contribution in [0.1, 0.15) is 36.9 Å². The Morgan fingerprint density at radius 3 is 3.31 bits per heavy atom. The molecule has 1 aromatic rings. The second-order valence-electron chi connectivity index (χ2n) is 4.25. The van der Waals surface area contributed by atoms with E-state index in [-0.39, 0.29) is 12.0 Å². The van der Waals surface area contributed by atoms with Gasteiger partial charge in [-0.2, -0.15) is 11.8 Å². The average Bonchev–Trinajstić information content (AvgIpc) is 2.73. The smallest absolute Gasteiger partial charge is 0.0631 e. The molecule has 3 heteroatoms. The van der Waals surface area contributed by atoms with Gasteiger partial charge in [-0.3, -0.25) is 4.98 Å². The minimum Gasteiger partial charge on any atom is -0.392 e. The van der Waals surface area contributed by atoms with Gasteiger partial charge in [-0.1, -0.05) is 13.0 Å². The maximum Gasteiger partial charge on any atom is 0.0631 e. The number of fused-ring (bicyclic) bond motifs is 1. The molecule has 0 bridgehead atoms. The van der Waals surface area contributed by atoms with Crippen molar-refractivity contribution in [1.82, 2.24) is 4.98 Å². The van der Waals surface area contributed by atoms with Crippen molar-refractivity contribution in [1.29, 1.82) is 0 Å². The Hall–Kier alpha value is -0.540.